The van der Waals surface area contributed by atoms with Crippen LogP contribution >= 0.6 is 22.9 Å². The molecule has 1 amide bonds. The molecule has 1 aromatic carbocycles. The summed E-state index contributed by atoms with van der Waals surface area (Å²) in [4.78, 5) is 26.1. The average Bonchev–Trinajstić information content (AvgIpc) is 3.15. The van der Waals surface area contributed by atoms with Gasteiger partial charge in [-0.1, -0.05) is 18.5 Å². The van der Waals surface area contributed by atoms with Crippen molar-refractivity contribution in [2.45, 2.75) is 25.8 Å². The fourth-order valence-corrected chi connectivity index (χ4v) is 3.94. The molecule has 2 aromatic rings. The molecule has 1 unspecified atom stereocenters. The monoisotopic (exact) mass is 363 g/mol. The van der Waals surface area contributed by atoms with Gasteiger partial charge in [0.15, 0.2) is 12.4 Å². The van der Waals surface area contributed by atoms with Crippen LogP contribution in [-0.4, -0.2) is 30.2 Å². The van der Waals surface area contributed by atoms with Gasteiger partial charge in [0.05, 0.1) is 5.56 Å². The van der Waals surface area contributed by atoms with Crippen molar-refractivity contribution in [1.29, 1.82) is 0 Å². The minimum absolute atomic E-state index is 0.0223. The summed E-state index contributed by atoms with van der Waals surface area (Å²) < 4.78 is 5.66. The van der Waals surface area contributed by atoms with Crippen LogP contribution in [0.2, 0.25) is 5.02 Å². The topological polar surface area (TPSA) is 46.6 Å². The van der Waals surface area contributed by atoms with Crippen molar-refractivity contribution < 1.29 is 14.3 Å². The second kappa shape index (κ2) is 6.95. The van der Waals surface area contributed by atoms with E-state index in [0.29, 0.717) is 29.3 Å². The summed E-state index contributed by atoms with van der Waals surface area (Å²) >= 11 is 7.81. The van der Waals surface area contributed by atoms with Crippen LogP contribution in [-0.2, 0) is 11.3 Å². The number of thiophene rings is 1. The number of ketones is 1. The Kier molecular flexibility index (Phi) is 4.92. The van der Waals surface area contributed by atoms with Gasteiger partial charge in [-0.25, -0.2) is 0 Å². The van der Waals surface area contributed by atoms with Crippen LogP contribution in [0.25, 0.3) is 0 Å². The van der Waals surface area contributed by atoms with Crippen molar-refractivity contribution >= 4 is 34.6 Å². The minimum Gasteiger partial charge on any atom is -0.483 e. The van der Waals surface area contributed by atoms with Gasteiger partial charge in [0.2, 0.25) is 0 Å². The van der Waals surface area contributed by atoms with Crippen LogP contribution in [0.4, 0.5) is 0 Å². The summed E-state index contributed by atoms with van der Waals surface area (Å²) in [5, 5.41) is 4.57. The van der Waals surface area contributed by atoms with Crippen LogP contribution in [0.5, 0.6) is 5.75 Å². The van der Waals surface area contributed by atoms with Gasteiger partial charge in [0.25, 0.3) is 5.91 Å². The lowest BCUT2D eigenvalue weighted by atomic mass is 10.0. The molecule has 0 radical (unpaired) electrons. The van der Waals surface area contributed by atoms with Crippen molar-refractivity contribution in [3.05, 3.63) is 50.7 Å². The lowest BCUT2D eigenvalue weighted by Gasteiger charge is -2.18. The Bertz CT molecular complexity index is 773. The van der Waals surface area contributed by atoms with E-state index in [2.05, 4.69) is 0 Å². The predicted octanol–water partition coefficient (Wildman–Crippen LogP) is 4.13. The maximum Gasteiger partial charge on any atom is 0.260 e. The second-order valence-electron chi connectivity index (χ2n) is 6.03. The maximum absolute atomic E-state index is 12.2. The quantitative estimate of drug-likeness (QED) is 0.802. The number of halogens is 1. The number of fused-ring (bicyclic) bond motifs is 1. The summed E-state index contributed by atoms with van der Waals surface area (Å²) in [5.74, 6) is 0.416. The van der Waals surface area contributed by atoms with E-state index >= 15 is 0 Å². The maximum atomic E-state index is 12.2. The summed E-state index contributed by atoms with van der Waals surface area (Å²) in [5.41, 5.74) is 2.45. The standard InChI is InChI=1S/C18H18ClNO3S/c1-11-7-14(21)18-15(4-3-13(19)17(11)18)23-9-16(22)20(2)8-12-5-6-24-10-12/h3-6,10-11H,7-9H2,1-2H3. The van der Waals surface area contributed by atoms with Crippen LogP contribution in [0.1, 0.15) is 40.7 Å². The number of carbonyl (C=O) groups is 2. The van der Waals surface area contributed by atoms with E-state index in [9.17, 15) is 9.59 Å². The molecule has 1 atom stereocenters. The van der Waals surface area contributed by atoms with Gasteiger partial charge in [0.1, 0.15) is 5.75 Å². The molecule has 1 aromatic heterocycles. The molecule has 3 rings (SSSR count). The molecule has 6 heteroatoms. The van der Waals surface area contributed by atoms with Gasteiger partial charge in [-0.3, -0.25) is 9.59 Å². The Morgan fingerprint density at radius 2 is 2.21 bits per heavy atom. The minimum atomic E-state index is -0.136. The smallest absolute Gasteiger partial charge is 0.260 e. The molecule has 4 nitrogen and oxygen atoms in total. The summed E-state index contributed by atoms with van der Waals surface area (Å²) in [6, 6.07) is 5.38. The van der Waals surface area contributed by atoms with Gasteiger partial charge < -0.3 is 9.64 Å². The molecule has 0 spiro atoms. The number of likely N-dealkylation sites (N-methyl/N-ethyl adjacent to an activating group) is 1. The SMILES string of the molecule is CC1CC(=O)c2c(OCC(=O)N(C)Cc3ccsc3)ccc(Cl)c21. The lowest BCUT2D eigenvalue weighted by molar-refractivity contribution is -0.132. The van der Waals surface area contributed by atoms with Crippen molar-refractivity contribution in [2.24, 2.45) is 0 Å². The Labute approximate surface area is 150 Å². The number of amides is 1. The zero-order valence-corrected chi connectivity index (χ0v) is 15.1. The summed E-state index contributed by atoms with van der Waals surface area (Å²) in [7, 11) is 1.74. The van der Waals surface area contributed by atoms with E-state index in [4.69, 9.17) is 16.3 Å². The molecule has 0 fully saturated rings. The van der Waals surface area contributed by atoms with E-state index in [1.54, 1.807) is 35.4 Å². The molecule has 1 heterocycles. The Morgan fingerprint density at radius 1 is 1.42 bits per heavy atom. The van der Waals surface area contributed by atoms with Gasteiger partial charge in [-0.2, -0.15) is 11.3 Å². The number of hydrogen-bond donors (Lipinski definition) is 0. The van der Waals surface area contributed by atoms with E-state index < -0.39 is 0 Å². The third kappa shape index (κ3) is 3.32. The van der Waals surface area contributed by atoms with E-state index in [-0.39, 0.29) is 24.2 Å². The number of carbonyl (C=O) groups excluding carboxylic acids is 2. The zero-order valence-electron chi connectivity index (χ0n) is 13.5. The number of benzene rings is 1. The van der Waals surface area contributed by atoms with Crippen molar-refractivity contribution in [3.8, 4) is 5.75 Å². The van der Waals surface area contributed by atoms with Gasteiger partial charge in [-0.15, -0.1) is 0 Å². The number of ether oxygens (including phenoxy) is 1. The lowest BCUT2D eigenvalue weighted by Crippen LogP contribution is -2.31. The average molecular weight is 364 g/mol. The van der Waals surface area contributed by atoms with Crippen molar-refractivity contribution in [3.63, 3.8) is 0 Å². The number of nitrogens with zero attached hydrogens (tertiary/aromatic N) is 1. The molecule has 0 saturated carbocycles. The summed E-state index contributed by atoms with van der Waals surface area (Å²) in [6.07, 6.45) is 0.432. The first kappa shape index (κ1) is 17.0. The first-order chi connectivity index (χ1) is 11.5. The zero-order chi connectivity index (χ0) is 17.3. The van der Waals surface area contributed by atoms with Gasteiger partial charge >= 0.3 is 0 Å². The largest absolute Gasteiger partial charge is 0.483 e. The predicted molar refractivity (Wildman–Crippen MR) is 95.1 cm³/mol. The highest BCUT2D eigenvalue weighted by Crippen LogP contribution is 2.42. The number of rotatable bonds is 5. The fraction of sp³-hybridized carbons (Fsp3) is 0.333. The van der Waals surface area contributed by atoms with Crippen LogP contribution in [0, 0.1) is 0 Å². The molecular weight excluding hydrogens is 346 g/mol. The van der Waals surface area contributed by atoms with Crippen LogP contribution in [0.15, 0.2) is 29.0 Å². The summed E-state index contributed by atoms with van der Waals surface area (Å²) in [6.45, 7) is 2.41. The van der Waals surface area contributed by atoms with Crippen molar-refractivity contribution in [2.75, 3.05) is 13.7 Å². The van der Waals surface area contributed by atoms with Gasteiger partial charge in [0, 0.05) is 25.0 Å². The Morgan fingerprint density at radius 3 is 2.92 bits per heavy atom. The third-order valence-electron chi connectivity index (χ3n) is 4.19. The third-order valence-corrected chi connectivity index (χ3v) is 5.26. The first-order valence-electron chi connectivity index (χ1n) is 7.70. The van der Waals surface area contributed by atoms with E-state index in [0.717, 1.165) is 11.1 Å². The molecule has 1 aliphatic carbocycles. The van der Waals surface area contributed by atoms with Crippen LogP contribution in [0.3, 0.4) is 0 Å². The highest BCUT2D eigenvalue weighted by molar-refractivity contribution is 7.07. The molecule has 1 aliphatic rings. The molecular formula is C18H18ClNO3S. The molecule has 0 N–H and O–H groups in total. The molecule has 24 heavy (non-hydrogen) atoms. The normalized spacial score (nSPS) is 16.1. The Hall–Kier alpha value is -1.85. The first-order valence-corrected chi connectivity index (χ1v) is 9.03. The fourth-order valence-electron chi connectivity index (χ4n) is 2.94. The molecule has 0 saturated heterocycles. The molecule has 0 aliphatic heterocycles. The molecule has 0 bridgehead atoms. The Balaban J connectivity index is 1.69. The highest BCUT2D eigenvalue weighted by Gasteiger charge is 2.32. The molecule has 126 valence electrons. The van der Waals surface area contributed by atoms with Crippen LogP contribution < -0.4 is 4.74 Å². The second-order valence-corrected chi connectivity index (χ2v) is 7.22. The highest BCUT2D eigenvalue weighted by atomic mass is 35.5. The number of Topliss-reactive ketones (excluding diaryl/α,β-unsaturated/α-hetero) is 1. The van der Waals surface area contributed by atoms with E-state index in [1.165, 1.54) is 0 Å². The van der Waals surface area contributed by atoms with E-state index in [1.807, 2.05) is 23.8 Å². The van der Waals surface area contributed by atoms with Crippen molar-refractivity contribution in [1.82, 2.24) is 4.90 Å². The van der Waals surface area contributed by atoms with Gasteiger partial charge in [-0.05, 0) is 46.0 Å². The number of hydrogen-bond acceptors (Lipinski definition) is 4.